The lowest BCUT2D eigenvalue weighted by Gasteiger charge is -2.05. The standard InChI is InChI=1S/C13H13ClN4O3S/c1-6-10(12(20)21-3)22-13(16-6)18-11(19)7-4-8(14)17-9(5-7)15-2/h4-5H,1-3H3,(H,15,17)(H,16,18,19). The van der Waals surface area contributed by atoms with E-state index in [4.69, 9.17) is 11.6 Å². The van der Waals surface area contributed by atoms with Crippen molar-refractivity contribution in [2.24, 2.45) is 0 Å². The number of hydrogen-bond donors (Lipinski definition) is 2. The molecule has 0 saturated carbocycles. The van der Waals surface area contributed by atoms with Crippen LogP contribution < -0.4 is 10.6 Å². The minimum absolute atomic E-state index is 0.197. The number of rotatable bonds is 4. The van der Waals surface area contributed by atoms with Crippen molar-refractivity contribution in [3.63, 3.8) is 0 Å². The van der Waals surface area contributed by atoms with Crippen LogP contribution in [0.4, 0.5) is 10.9 Å². The molecule has 0 spiro atoms. The van der Waals surface area contributed by atoms with Crippen molar-refractivity contribution in [3.05, 3.63) is 33.4 Å². The number of aryl methyl sites for hydroxylation is 1. The molecule has 0 bridgehead atoms. The van der Waals surface area contributed by atoms with Gasteiger partial charge in [-0.3, -0.25) is 10.1 Å². The number of nitrogens with one attached hydrogen (secondary N) is 2. The van der Waals surface area contributed by atoms with E-state index < -0.39 is 11.9 Å². The second-order valence-electron chi connectivity index (χ2n) is 4.19. The third-order valence-corrected chi connectivity index (χ3v) is 3.95. The normalized spacial score (nSPS) is 10.2. The van der Waals surface area contributed by atoms with Crippen LogP contribution in [-0.2, 0) is 4.74 Å². The second kappa shape index (κ2) is 6.71. The lowest BCUT2D eigenvalue weighted by molar-refractivity contribution is 0.0605. The summed E-state index contributed by atoms with van der Waals surface area (Å²) in [5.41, 5.74) is 0.827. The number of aromatic nitrogens is 2. The molecule has 2 N–H and O–H groups in total. The molecule has 116 valence electrons. The third-order valence-electron chi connectivity index (χ3n) is 2.70. The molecule has 0 radical (unpaired) electrons. The van der Waals surface area contributed by atoms with Gasteiger partial charge >= 0.3 is 5.97 Å². The number of esters is 1. The van der Waals surface area contributed by atoms with Crippen LogP contribution in [0.25, 0.3) is 0 Å². The summed E-state index contributed by atoms with van der Waals surface area (Å²) in [5, 5.41) is 5.94. The van der Waals surface area contributed by atoms with Gasteiger partial charge in [0.1, 0.15) is 15.8 Å². The van der Waals surface area contributed by atoms with E-state index in [1.807, 2.05) is 0 Å². The number of methoxy groups -OCH3 is 1. The fourth-order valence-electron chi connectivity index (χ4n) is 1.66. The maximum atomic E-state index is 12.2. The molecule has 7 nitrogen and oxygen atoms in total. The highest BCUT2D eigenvalue weighted by Crippen LogP contribution is 2.24. The Kier molecular flexibility index (Phi) is 4.94. The number of hydrogen-bond acceptors (Lipinski definition) is 7. The first-order chi connectivity index (χ1) is 10.4. The maximum Gasteiger partial charge on any atom is 0.350 e. The Balaban J connectivity index is 2.22. The number of nitrogens with zero attached hydrogens (tertiary/aromatic N) is 2. The van der Waals surface area contributed by atoms with E-state index in [-0.39, 0.29) is 5.15 Å². The zero-order valence-corrected chi connectivity index (χ0v) is 13.6. The molecule has 0 fully saturated rings. The van der Waals surface area contributed by atoms with Crippen molar-refractivity contribution in [1.29, 1.82) is 0 Å². The lowest BCUT2D eigenvalue weighted by Crippen LogP contribution is -2.12. The van der Waals surface area contributed by atoms with E-state index in [1.165, 1.54) is 13.2 Å². The molecule has 0 unspecified atom stereocenters. The average Bonchev–Trinajstić information content (AvgIpc) is 2.86. The van der Waals surface area contributed by atoms with Crippen LogP contribution in [0.5, 0.6) is 0 Å². The number of carbonyl (C=O) groups is 2. The van der Waals surface area contributed by atoms with Crippen molar-refractivity contribution in [3.8, 4) is 0 Å². The summed E-state index contributed by atoms with van der Waals surface area (Å²) in [6.45, 7) is 1.67. The third kappa shape index (κ3) is 3.52. The van der Waals surface area contributed by atoms with Crippen molar-refractivity contribution in [2.75, 3.05) is 24.8 Å². The fraction of sp³-hybridized carbons (Fsp3) is 0.231. The molecule has 1 amide bonds. The average molecular weight is 341 g/mol. The van der Waals surface area contributed by atoms with Crippen LogP contribution >= 0.6 is 22.9 Å². The Morgan fingerprint density at radius 3 is 2.68 bits per heavy atom. The van der Waals surface area contributed by atoms with Gasteiger partial charge < -0.3 is 10.1 Å². The van der Waals surface area contributed by atoms with E-state index in [0.29, 0.717) is 27.1 Å². The first kappa shape index (κ1) is 16.2. The smallest absolute Gasteiger partial charge is 0.350 e. The number of amides is 1. The number of halogens is 1. The quantitative estimate of drug-likeness (QED) is 0.656. The van der Waals surface area contributed by atoms with E-state index >= 15 is 0 Å². The Bertz CT molecular complexity index is 732. The molecule has 0 aliphatic heterocycles. The van der Waals surface area contributed by atoms with Crippen LogP contribution in [0, 0.1) is 6.92 Å². The van der Waals surface area contributed by atoms with Crippen molar-refractivity contribution >= 4 is 45.8 Å². The molecule has 0 atom stereocenters. The van der Waals surface area contributed by atoms with Gasteiger partial charge in [0.05, 0.1) is 12.8 Å². The molecule has 2 aromatic rings. The van der Waals surface area contributed by atoms with Crippen molar-refractivity contribution in [1.82, 2.24) is 9.97 Å². The van der Waals surface area contributed by atoms with Gasteiger partial charge in [-0.05, 0) is 19.1 Å². The Hall–Kier alpha value is -2.19. The lowest BCUT2D eigenvalue weighted by atomic mass is 10.2. The van der Waals surface area contributed by atoms with Gasteiger partial charge in [-0.15, -0.1) is 0 Å². The predicted octanol–water partition coefficient (Wildman–Crippen LogP) is 2.58. The first-order valence-corrected chi connectivity index (χ1v) is 7.36. The predicted molar refractivity (Wildman–Crippen MR) is 84.9 cm³/mol. The fourth-order valence-corrected chi connectivity index (χ4v) is 2.75. The van der Waals surface area contributed by atoms with Gasteiger partial charge in [-0.25, -0.2) is 14.8 Å². The number of pyridine rings is 1. The zero-order valence-electron chi connectivity index (χ0n) is 12.1. The summed E-state index contributed by atoms with van der Waals surface area (Å²) in [7, 11) is 2.96. The molecule has 0 aliphatic carbocycles. The van der Waals surface area contributed by atoms with E-state index in [9.17, 15) is 9.59 Å². The number of ether oxygens (including phenoxy) is 1. The van der Waals surface area contributed by atoms with E-state index in [1.54, 1.807) is 20.0 Å². The van der Waals surface area contributed by atoms with Crippen LogP contribution in [-0.4, -0.2) is 36.0 Å². The summed E-state index contributed by atoms with van der Waals surface area (Å²) in [4.78, 5) is 32.2. The Labute approximate surface area is 135 Å². The van der Waals surface area contributed by atoms with Crippen LogP contribution in [0.3, 0.4) is 0 Å². The molecule has 2 heterocycles. The van der Waals surface area contributed by atoms with Crippen molar-refractivity contribution < 1.29 is 14.3 Å². The first-order valence-electron chi connectivity index (χ1n) is 6.17. The SMILES string of the molecule is CNc1cc(C(=O)Nc2nc(C)c(C(=O)OC)s2)cc(Cl)n1. The molecule has 0 aliphatic rings. The summed E-state index contributed by atoms with van der Waals surface area (Å²) in [6.07, 6.45) is 0. The molecule has 22 heavy (non-hydrogen) atoms. The van der Waals surface area contributed by atoms with Gasteiger partial charge in [-0.1, -0.05) is 22.9 Å². The minimum atomic E-state index is -0.486. The molecular weight excluding hydrogens is 328 g/mol. The number of carbonyl (C=O) groups excluding carboxylic acids is 2. The topological polar surface area (TPSA) is 93.2 Å². The van der Waals surface area contributed by atoms with Gasteiger partial charge in [0.2, 0.25) is 0 Å². The molecule has 2 aromatic heterocycles. The molecule has 0 aromatic carbocycles. The van der Waals surface area contributed by atoms with E-state index in [0.717, 1.165) is 11.3 Å². The van der Waals surface area contributed by atoms with Crippen LogP contribution in [0.2, 0.25) is 5.15 Å². The zero-order chi connectivity index (χ0) is 16.3. The second-order valence-corrected chi connectivity index (χ2v) is 5.58. The molecule has 9 heteroatoms. The minimum Gasteiger partial charge on any atom is -0.465 e. The monoisotopic (exact) mass is 340 g/mol. The highest BCUT2D eigenvalue weighted by molar-refractivity contribution is 7.17. The number of thiazole rings is 1. The largest absolute Gasteiger partial charge is 0.465 e. The Morgan fingerprint density at radius 2 is 2.05 bits per heavy atom. The van der Waals surface area contributed by atoms with Gasteiger partial charge in [0, 0.05) is 12.6 Å². The maximum absolute atomic E-state index is 12.2. The van der Waals surface area contributed by atoms with Gasteiger partial charge in [0.15, 0.2) is 5.13 Å². The van der Waals surface area contributed by atoms with Gasteiger partial charge in [0.25, 0.3) is 5.91 Å². The van der Waals surface area contributed by atoms with Gasteiger partial charge in [-0.2, -0.15) is 0 Å². The summed E-state index contributed by atoms with van der Waals surface area (Å²) >= 11 is 6.91. The molecule has 0 saturated heterocycles. The summed E-state index contributed by atoms with van der Waals surface area (Å²) in [6, 6.07) is 3.00. The Morgan fingerprint density at radius 1 is 1.32 bits per heavy atom. The van der Waals surface area contributed by atoms with Crippen LogP contribution in [0.15, 0.2) is 12.1 Å². The molecule has 2 rings (SSSR count). The molecular formula is C13H13ClN4O3S. The summed E-state index contributed by atoms with van der Waals surface area (Å²) in [5.74, 6) is -0.408. The highest BCUT2D eigenvalue weighted by Gasteiger charge is 2.18. The van der Waals surface area contributed by atoms with E-state index in [2.05, 4.69) is 25.3 Å². The van der Waals surface area contributed by atoms with Crippen LogP contribution in [0.1, 0.15) is 25.7 Å². The van der Waals surface area contributed by atoms with Crippen molar-refractivity contribution in [2.45, 2.75) is 6.92 Å². The summed E-state index contributed by atoms with van der Waals surface area (Å²) < 4.78 is 4.65. The highest BCUT2D eigenvalue weighted by atomic mass is 35.5. The number of anilines is 2.